The highest BCUT2D eigenvalue weighted by molar-refractivity contribution is 9.10. The highest BCUT2D eigenvalue weighted by Crippen LogP contribution is 2.29. The van der Waals surface area contributed by atoms with Crippen LogP contribution in [0.3, 0.4) is 0 Å². The summed E-state index contributed by atoms with van der Waals surface area (Å²) in [4.78, 5) is 24.4. The summed E-state index contributed by atoms with van der Waals surface area (Å²) in [6.45, 7) is 3.09. The molecular formula is C11H14BrNO3S. The molecule has 0 unspecified atom stereocenters. The molecule has 0 saturated carbocycles. The molecule has 6 heteroatoms. The van der Waals surface area contributed by atoms with Crippen molar-refractivity contribution in [2.75, 3.05) is 11.9 Å². The zero-order chi connectivity index (χ0) is 13.2. The second-order valence-electron chi connectivity index (χ2n) is 4.42. The van der Waals surface area contributed by atoms with E-state index in [0.29, 0.717) is 0 Å². The molecule has 94 valence electrons. The number of rotatable bonds is 4. The van der Waals surface area contributed by atoms with Crippen LogP contribution in [-0.4, -0.2) is 24.0 Å². The number of anilines is 1. The van der Waals surface area contributed by atoms with Crippen molar-refractivity contribution in [3.63, 3.8) is 0 Å². The molecule has 0 aliphatic carbocycles. The van der Waals surface area contributed by atoms with Gasteiger partial charge in [-0.2, -0.15) is 0 Å². The molecule has 0 fully saturated rings. The highest BCUT2D eigenvalue weighted by atomic mass is 79.9. The minimum atomic E-state index is -1.04. The second-order valence-corrected chi connectivity index (χ2v) is 6.23. The van der Waals surface area contributed by atoms with Crippen LogP contribution in [0.25, 0.3) is 0 Å². The maximum Gasteiger partial charge on any atom is 0.309 e. The number of carboxylic acids is 1. The monoisotopic (exact) mass is 319 g/mol. The lowest BCUT2D eigenvalue weighted by atomic mass is 9.89. The van der Waals surface area contributed by atoms with E-state index < -0.39 is 11.4 Å². The Morgan fingerprint density at radius 2 is 2.12 bits per heavy atom. The average molecular weight is 320 g/mol. The minimum Gasteiger partial charge on any atom is -0.481 e. The lowest BCUT2D eigenvalue weighted by Gasteiger charge is -2.22. The van der Waals surface area contributed by atoms with Gasteiger partial charge in [0.05, 0.1) is 10.4 Å². The highest BCUT2D eigenvalue weighted by Gasteiger charge is 2.31. The molecule has 1 aromatic heterocycles. The van der Waals surface area contributed by atoms with Crippen LogP contribution in [0.4, 0.5) is 5.00 Å². The number of amides is 1. The standard InChI is InChI=1S/C11H14BrNO3S/c1-11(2,10(15)16)5-8(14)13(3)9-4-7(12)6-17-9/h4,6H,5H2,1-3H3,(H,15,16). The first kappa shape index (κ1) is 14.2. The van der Waals surface area contributed by atoms with Crippen molar-refractivity contribution in [2.45, 2.75) is 20.3 Å². The largest absolute Gasteiger partial charge is 0.481 e. The van der Waals surface area contributed by atoms with E-state index in [9.17, 15) is 9.59 Å². The van der Waals surface area contributed by atoms with Gasteiger partial charge in [-0.3, -0.25) is 9.59 Å². The van der Waals surface area contributed by atoms with E-state index in [1.807, 2.05) is 11.4 Å². The van der Waals surface area contributed by atoms with Gasteiger partial charge in [0.25, 0.3) is 0 Å². The van der Waals surface area contributed by atoms with Gasteiger partial charge in [-0.05, 0) is 35.8 Å². The Balaban J connectivity index is 2.75. The average Bonchev–Trinajstić information content (AvgIpc) is 2.62. The molecule has 1 aromatic rings. The van der Waals surface area contributed by atoms with Gasteiger partial charge in [0.2, 0.25) is 5.91 Å². The SMILES string of the molecule is CN(C(=O)CC(C)(C)C(=O)O)c1cc(Br)cs1. The molecule has 0 spiro atoms. The number of hydrogen-bond acceptors (Lipinski definition) is 3. The van der Waals surface area contributed by atoms with Gasteiger partial charge in [0, 0.05) is 23.3 Å². The fourth-order valence-electron chi connectivity index (χ4n) is 1.17. The number of aliphatic carboxylic acids is 1. The number of hydrogen-bond donors (Lipinski definition) is 1. The topological polar surface area (TPSA) is 57.6 Å². The summed E-state index contributed by atoms with van der Waals surface area (Å²) < 4.78 is 0.912. The van der Waals surface area contributed by atoms with Crippen LogP contribution in [0.2, 0.25) is 0 Å². The van der Waals surface area contributed by atoms with Gasteiger partial charge < -0.3 is 10.0 Å². The van der Waals surface area contributed by atoms with Gasteiger partial charge in [-0.25, -0.2) is 0 Å². The molecule has 17 heavy (non-hydrogen) atoms. The Labute approximate surface area is 112 Å². The van der Waals surface area contributed by atoms with Gasteiger partial charge in [-0.15, -0.1) is 11.3 Å². The molecule has 1 heterocycles. The zero-order valence-electron chi connectivity index (χ0n) is 9.86. The van der Waals surface area contributed by atoms with Crippen molar-refractivity contribution in [1.29, 1.82) is 0 Å². The Morgan fingerprint density at radius 1 is 1.53 bits per heavy atom. The molecule has 0 radical (unpaired) electrons. The van der Waals surface area contributed by atoms with Crippen LogP contribution >= 0.6 is 27.3 Å². The van der Waals surface area contributed by atoms with Crippen LogP contribution in [0.5, 0.6) is 0 Å². The van der Waals surface area contributed by atoms with Crippen molar-refractivity contribution in [3.8, 4) is 0 Å². The van der Waals surface area contributed by atoms with Crippen LogP contribution in [0.1, 0.15) is 20.3 Å². The lowest BCUT2D eigenvalue weighted by molar-refractivity contribution is -0.149. The molecule has 0 aliphatic heterocycles. The van der Waals surface area contributed by atoms with E-state index in [4.69, 9.17) is 5.11 Å². The minimum absolute atomic E-state index is 0.0195. The third-order valence-corrected chi connectivity index (χ3v) is 4.20. The Kier molecular flexibility index (Phi) is 4.32. The summed E-state index contributed by atoms with van der Waals surface area (Å²) in [5.41, 5.74) is -1.04. The summed E-state index contributed by atoms with van der Waals surface area (Å²) in [5.74, 6) is -1.17. The summed E-state index contributed by atoms with van der Waals surface area (Å²) >= 11 is 4.74. The predicted molar refractivity (Wildman–Crippen MR) is 71.5 cm³/mol. The van der Waals surface area contributed by atoms with Crippen molar-refractivity contribution in [2.24, 2.45) is 5.41 Å². The molecule has 1 amide bonds. The number of carbonyl (C=O) groups is 2. The third-order valence-electron chi connectivity index (χ3n) is 2.43. The van der Waals surface area contributed by atoms with Gasteiger partial charge in [0.15, 0.2) is 0 Å². The molecular weight excluding hydrogens is 306 g/mol. The van der Waals surface area contributed by atoms with Gasteiger partial charge >= 0.3 is 5.97 Å². The number of carbonyl (C=O) groups excluding carboxylic acids is 1. The third kappa shape index (κ3) is 3.54. The summed E-state index contributed by atoms with van der Waals surface area (Å²) in [5, 5.41) is 11.6. The Bertz CT molecular complexity index is 442. The number of halogens is 1. The zero-order valence-corrected chi connectivity index (χ0v) is 12.3. The molecule has 0 aliphatic rings. The van der Waals surface area contributed by atoms with Crippen LogP contribution in [-0.2, 0) is 9.59 Å². The molecule has 0 atom stereocenters. The predicted octanol–water partition coefficient (Wildman–Crippen LogP) is 2.97. The first-order valence-corrected chi connectivity index (χ1v) is 6.65. The van der Waals surface area contributed by atoms with Crippen molar-refractivity contribution < 1.29 is 14.7 Å². The number of nitrogens with zero attached hydrogens (tertiary/aromatic N) is 1. The van der Waals surface area contributed by atoms with Crippen molar-refractivity contribution in [3.05, 3.63) is 15.9 Å². The summed E-state index contributed by atoms with van der Waals surface area (Å²) in [6.07, 6.45) is -0.0195. The van der Waals surface area contributed by atoms with E-state index in [1.165, 1.54) is 16.2 Å². The van der Waals surface area contributed by atoms with Crippen molar-refractivity contribution in [1.82, 2.24) is 0 Å². The Morgan fingerprint density at radius 3 is 2.53 bits per heavy atom. The normalized spacial score (nSPS) is 11.3. The number of carboxylic acid groups (broad SMARTS) is 1. The molecule has 1 rings (SSSR count). The summed E-state index contributed by atoms with van der Waals surface area (Å²) in [7, 11) is 1.65. The first-order valence-electron chi connectivity index (χ1n) is 4.98. The van der Waals surface area contributed by atoms with Crippen LogP contribution < -0.4 is 4.90 Å². The second kappa shape index (κ2) is 5.18. The molecule has 1 N–H and O–H groups in total. The Hall–Kier alpha value is -0.880. The smallest absolute Gasteiger partial charge is 0.309 e. The maximum atomic E-state index is 11.9. The fraction of sp³-hybridized carbons (Fsp3) is 0.455. The van der Waals surface area contributed by atoms with Crippen LogP contribution in [0.15, 0.2) is 15.9 Å². The van der Waals surface area contributed by atoms with Crippen LogP contribution in [0, 0.1) is 5.41 Å². The van der Waals surface area contributed by atoms with E-state index in [0.717, 1.165) is 9.47 Å². The van der Waals surface area contributed by atoms with Crippen molar-refractivity contribution >= 4 is 44.1 Å². The fourth-order valence-corrected chi connectivity index (χ4v) is 2.58. The van der Waals surface area contributed by atoms with E-state index in [1.54, 1.807) is 20.9 Å². The van der Waals surface area contributed by atoms with Gasteiger partial charge in [-0.1, -0.05) is 0 Å². The molecule has 0 saturated heterocycles. The quantitative estimate of drug-likeness (QED) is 0.928. The molecule has 4 nitrogen and oxygen atoms in total. The molecule has 0 aromatic carbocycles. The van der Waals surface area contributed by atoms with E-state index in [2.05, 4.69) is 15.9 Å². The summed E-state index contributed by atoms with van der Waals surface area (Å²) in [6, 6.07) is 1.83. The molecule has 0 bridgehead atoms. The first-order chi connectivity index (χ1) is 7.74. The van der Waals surface area contributed by atoms with E-state index >= 15 is 0 Å². The van der Waals surface area contributed by atoms with Gasteiger partial charge in [0.1, 0.15) is 0 Å². The van der Waals surface area contributed by atoms with E-state index in [-0.39, 0.29) is 12.3 Å². The number of thiophene rings is 1. The maximum absolute atomic E-state index is 11.9. The lowest BCUT2D eigenvalue weighted by Crippen LogP contribution is -2.34.